The fourth-order valence-corrected chi connectivity index (χ4v) is 3.15. The highest BCUT2D eigenvalue weighted by Gasteiger charge is 2.53. The van der Waals surface area contributed by atoms with Crippen molar-refractivity contribution in [3.05, 3.63) is 35.6 Å². The summed E-state index contributed by atoms with van der Waals surface area (Å²) in [4.78, 5) is 14.0. The van der Waals surface area contributed by atoms with Crippen LogP contribution in [-0.4, -0.2) is 23.8 Å². The van der Waals surface area contributed by atoms with Gasteiger partial charge in [-0.1, -0.05) is 26.0 Å². The lowest BCUT2D eigenvalue weighted by Crippen LogP contribution is -2.40. The molecule has 2 unspecified atom stereocenters. The molecule has 0 radical (unpaired) electrons. The average molecular weight is 299 g/mol. The van der Waals surface area contributed by atoms with Gasteiger partial charge in [0.2, 0.25) is 5.91 Å². The SMILES string of the molecule is CCC(c1cccc(F)c1)N1CCC(CC)(C(F)F)C1=O. The lowest BCUT2D eigenvalue weighted by molar-refractivity contribution is -0.146. The van der Waals surface area contributed by atoms with Crippen molar-refractivity contribution < 1.29 is 18.0 Å². The number of carbonyl (C=O) groups is 1. The first-order chi connectivity index (χ1) is 9.96. The summed E-state index contributed by atoms with van der Waals surface area (Å²) in [5, 5.41) is 0. The zero-order chi connectivity index (χ0) is 15.6. The Morgan fingerprint density at radius 3 is 2.52 bits per heavy atom. The van der Waals surface area contributed by atoms with Crippen LogP contribution in [0.2, 0.25) is 0 Å². The topological polar surface area (TPSA) is 20.3 Å². The number of rotatable bonds is 5. The third-order valence-electron chi connectivity index (χ3n) is 4.53. The van der Waals surface area contributed by atoms with E-state index in [0.29, 0.717) is 18.5 Å². The Morgan fingerprint density at radius 1 is 1.33 bits per heavy atom. The van der Waals surface area contributed by atoms with Gasteiger partial charge in [-0.05, 0) is 37.0 Å². The molecule has 0 bridgehead atoms. The molecule has 0 saturated carbocycles. The number of halogens is 3. The lowest BCUT2D eigenvalue weighted by Gasteiger charge is -2.30. The summed E-state index contributed by atoms with van der Waals surface area (Å²) in [5.41, 5.74) is -0.909. The zero-order valence-electron chi connectivity index (χ0n) is 12.3. The number of alkyl halides is 2. The van der Waals surface area contributed by atoms with Crippen molar-refractivity contribution in [3.63, 3.8) is 0 Å². The van der Waals surface area contributed by atoms with Crippen molar-refractivity contribution in [2.45, 2.75) is 45.6 Å². The first-order valence-electron chi connectivity index (χ1n) is 7.31. The van der Waals surface area contributed by atoms with Crippen molar-refractivity contribution in [1.29, 1.82) is 0 Å². The summed E-state index contributed by atoms with van der Waals surface area (Å²) >= 11 is 0. The normalized spacial score (nSPS) is 23.9. The van der Waals surface area contributed by atoms with Crippen LogP contribution in [0, 0.1) is 11.2 Å². The maximum atomic E-state index is 13.4. The van der Waals surface area contributed by atoms with E-state index in [1.807, 2.05) is 6.92 Å². The van der Waals surface area contributed by atoms with Gasteiger partial charge >= 0.3 is 0 Å². The molecule has 0 spiro atoms. The number of nitrogens with zero attached hydrogens (tertiary/aromatic N) is 1. The van der Waals surface area contributed by atoms with E-state index in [9.17, 15) is 18.0 Å². The Balaban J connectivity index is 2.31. The number of carbonyl (C=O) groups excluding carboxylic acids is 1. The summed E-state index contributed by atoms with van der Waals surface area (Å²) in [6.07, 6.45) is -1.81. The van der Waals surface area contributed by atoms with Gasteiger partial charge in [-0.15, -0.1) is 0 Å². The Bertz CT molecular complexity index is 520. The van der Waals surface area contributed by atoms with Crippen molar-refractivity contribution in [2.24, 2.45) is 5.41 Å². The minimum Gasteiger partial charge on any atom is -0.335 e. The fraction of sp³-hybridized carbons (Fsp3) is 0.562. The molecular formula is C16H20F3NO. The van der Waals surface area contributed by atoms with E-state index in [4.69, 9.17) is 0 Å². The quantitative estimate of drug-likeness (QED) is 0.799. The Labute approximate surface area is 122 Å². The van der Waals surface area contributed by atoms with Crippen LogP contribution < -0.4 is 0 Å². The summed E-state index contributed by atoms with van der Waals surface area (Å²) in [6, 6.07) is 5.67. The van der Waals surface area contributed by atoms with E-state index in [1.54, 1.807) is 19.1 Å². The van der Waals surface area contributed by atoms with Gasteiger partial charge in [0.1, 0.15) is 11.2 Å². The Hall–Kier alpha value is -1.52. The second-order valence-corrected chi connectivity index (χ2v) is 5.54. The highest BCUT2D eigenvalue weighted by Crippen LogP contribution is 2.44. The minimum atomic E-state index is -2.66. The van der Waals surface area contributed by atoms with Crippen LogP contribution in [0.4, 0.5) is 13.2 Å². The zero-order valence-corrected chi connectivity index (χ0v) is 12.3. The molecule has 0 aromatic heterocycles. The van der Waals surface area contributed by atoms with Crippen molar-refractivity contribution in [2.75, 3.05) is 6.54 Å². The van der Waals surface area contributed by atoms with Crippen LogP contribution in [0.3, 0.4) is 0 Å². The molecule has 1 fully saturated rings. The molecule has 0 N–H and O–H groups in total. The number of likely N-dealkylation sites (tertiary alicyclic amines) is 1. The molecule has 1 saturated heterocycles. The molecule has 1 amide bonds. The molecule has 0 aliphatic carbocycles. The maximum absolute atomic E-state index is 13.4. The van der Waals surface area contributed by atoms with E-state index in [0.717, 1.165) is 0 Å². The van der Waals surface area contributed by atoms with Gasteiger partial charge in [0.05, 0.1) is 6.04 Å². The standard InChI is InChI=1S/C16H20F3NO/c1-3-13(11-6-5-7-12(17)10-11)20-9-8-16(4-2,14(18)19)15(20)21/h5-7,10,13-14H,3-4,8-9H2,1-2H3. The molecule has 5 heteroatoms. The maximum Gasteiger partial charge on any atom is 0.252 e. The van der Waals surface area contributed by atoms with Gasteiger partial charge in [0, 0.05) is 6.54 Å². The third-order valence-corrected chi connectivity index (χ3v) is 4.53. The van der Waals surface area contributed by atoms with Gasteiger partial charge in [-0.3, -0.25) is 4.79 Å². The van der Waals surface area contributed by atoms with Crippen molar-refractivity contribution in [1.82, 2.24) is 4.90 Å². The predicted molar refractivity (Wildman–Crippen MR) is 74.5 cm³/mol. The molecule has 2 nitrogen and oxygen atoms in total. The van der Waals surface area contributed by atoms with Crippen LogP contribution in [0.15, 0.2) is 24.3 Å². The van der Waals surface area contributed by atoms with Gasteiger partial charge in [-0.25, -0.2) is 13.2 Å². The minimum absolute atomic E-state index is 0.125. The third kappa shape index (κ3) is 2.65. The molecule has 21 heavy (non-hydrogen) atoms. The van der Waals surface area contributed by atoms with Crippen LogP contribution in [-0.2, 0) is 4.79 Å². The highest BCUT2D eigenvalue weighted by molar-refractivity contribution is 5.85. The fourth-order valence-electron chi connectivity index (χ4n) is 3.15. The first-order valence-corrected chi connectivity index (χ1v) is 7.31. The Kier molecular flexibility index (Phi) is 4.59. The van der Waals surface area contributed by atoms with Gasteiger partial charge in [0.15, 0.2) is 0 Å². The summed E-state index contributed by atoms with van der Waals surface area (Å²) in [6.45, 7) is 3.79. The molecule has 116 valence electrons. The summed E-state index contributed by atoms with van der Waals surface area (Å²) < 4.78 is 40.1. The second-order valence-electron chi connectivity index (χ2n) is 5.54. The van der Waals surface area contributed by atoms with Gasteiger partial charge in [-0.2, -0.15) is 0 Å². The molecule has 1 heterocycles. The Morgan fingerprint density at radius 2 is 2.05 bits per heavy atom. The van der Waals surface area contributed by atoms with Crippen LogP contribution in [0.25, 0.3) is 0 Å². The monoisotopic (exact) mass is 299 g/mol. The van der Waals surface area contributed by atoms with Crippen molar-refractivity contribution >= 4 is 5.91 Å². The van der Waals surface area contributed by atoms with E-state index in [2.05, 4.69) is 0 Å². The molecule has 2 rings (SSSR count). The summed E-state index contributed by atoms with van der Waals surface area (Å²) in [7, 11) is 0. The number of benzene rings is 1. The molecular weight excluding hydrogens is 279 g/mol. The molecule has 1 aromatic carbocycles. The largest absolute Gasteiger partial charge is 0.335 e. The number of hydrogen-bond acceptors (Lipinski definition) is 1. The van der Waals surface area contributed by atoms with Crippen LogP contribution >= 0.6 is 0 Å². The molecule has 1 aliphatic rings. The van der Waals surface area contributed by atoms with E-state index in [-0.39, 0.29) is 24.7 Å². The van der Waals surface area contributed by atoms with E-state index < -0.39 is 17.7 Å². The van der Waals surface area contributed by atoms with Gasteiger partial charge < -0.3 is 4.90 Å². The van der Waals surface area contributed by atoms with E-state index in [1.165, 1.54) is 17.0 Å². The van der Waals surface area contributed by atoms with Crippen LogP contribution in [0.5, 0.6) is 0 Å². The predicted octanol–water partition coefficient (Wildman–Crippen LogP) is 4.17. The molecule has 2 atom stereocenters. The highest BCUT2D eigenvalue weighted by atomic mass is 19.3. The molecule has 1 aromatic rings. The van der Waals surface area contributed by atoms with E-state index >= 15 is 0 Å². The number of hydrogen-bond donors (Lipinski definition) is 0. The number of amides is 1. The first kappa shape index (κ1) is 15.9. The van der Waals surface area contributed by atoms with Gasteiger partial charge in [0.25, 0.3) is 6.43 Å². The molecule has 1 aliphatic heterocycles. The average Bonchev–Trinajstić information content (AvgIpc) is 2.78. The van der Waals surface area contributed by atoms with Crippen LogP contribution in [0.1, 0.15) is 44.7 Å². The summed E-state index contributed by atoms with van der Waals surface area (Å²) in [5.74, 6) is -0.885. The smallest absolute Gasteiger partial charge is 0.252 e. The lowest BCUT2D eigenvalue weighted by atomic mass is 9.84. The van der Waals surface area contributed by atoms with Crippen molar-refractivity contribution in [3.8, 4) is 0 Å². The second kappa shape index (κ2) is 6.08.